The Bertz CT molecular complexity index is 972. The van der Waals surface area contributed by atoms with E-state index in [1.807, 2.05) is 0 Å². The van der Waals surface area contributed by atoms with Crippen LogP contribution in [0.1, 0.15) is 233 Å². The Balaban J connectivity index is 4.70. The number of rotatable bonds is 42. The molecule has 0 fully saturated rings. The quantitative estimate of drug-likeness (QED) is 0.0325. The van der Waals surface area contributed by atoms with Gasteiger partial charge in [0.15, 0.2) is 0 Å². The predicted molar refractivity (Wildman–Crippen MR) is 241 cm³/mol. The first-order valence-electron chi connectivity index (χ1n) is 23.9. The van der Waals surface area contributed by atoms with Crippen LogP contribution in [0.5, 0.6) is 0 Å². The number of hydrogen-bond donors (Lipinski definition) is 3. The van der Waals surface area contributed by atoms with Crippen LogP contribution in [0.3, 0.4) is 0 Å². The molecule has 0 aromatic heterocycles. The van der Waals surface area contributed by atoms with Crippen LogP contribution < -0.4 is 5.32 Å². The van der Waals surface area contributed by atoms with E-state index in [0.717, 1.165) is 77.0 Å². The highest BCUT2D eigenvalue weighted by molar-refractivity contribution is 5.77. The van der Waals surface area contributed by atoms with E-state index in [1.165, 1.54) is 109 Å². The Labute approximate surface area is 346 Å². The van der Waals surface area contributed by atoms with Crippen molar-refractivity contribution in [2.75, 3.05) is 6.61 Å². The number of allylic oxidation sites excluding steroid dienone is 8. The fraction of sp³-hybridized carbons (Fsp3) is 0.800. The molecule has 0 aromatic carbocycles. The van der Waals surface area contributed by atoms with E-state index >= 15 is 0 Å². The third kappa shape index (κ3) is 38.7. The van der Waals surface area contributed by atoms with Crippen molar-refractivity contribution in [1.82, 2.24) is 5.32 Å². The summed E-state index contributed by atoms with van der Waals surface area (Å²) in [6, 6.07) is -0.713. The zero-order chi connectivity index (χ0) is 41.0. The summed E-state index contributed by atoms with van der Waals surface area (Å²) in [5, 5.41) is 23.6. The summed E-state index contributed by atoms with van der Waals surface area (Å²) in [4.78, 5) is 26.0. The van der Waals surface area contributed by atoms with Gasteiger partial charge in [-0.25, -0.2) is 0 Å². The molecular weight excluding hydrogens is 695 g/mol. The number of carbonyl (C=O) groups excluding carboxylic acids is 2. The summed E-state index contributed by atoms with van der Waals surface area (Å²) in [6.07, 6.45) is 51.7. The van der Waals surface area contributed by atoms with Gasteiger partial charge in [-0.2, -0.15) is 0 Å². The van der Waals surface area contributed by atoms with Crippen molar-refractivity contribution in [2.24, 2.45) is 0 Å². The van der Waals surface area contributed by atoms with Crippen molar-refractivity contribution >= 4 is 11.9 Å². The monoisotopic (exact) mass is 786 g/mol. The fourth-order valence-electron chi connectivity index (χ4n) is 6.96. The third-order valence-corrected chi connectivity index (χ3v) is 10.6. The molecule has 6 heteroatoms. The first-order valence-corrected chi connectivity index (χ1v) is 23.9. The molecule has 3 N–H and O–H groups in total. The van der Waals surface area contributed by atoms with Crippen LogP contribution in [0, 0.1) is 0 Å². The molecule has 0 bridgehead atoms. The van der Waals surface area contributed by atoms with Gasteiger partial charge in [0.2, 0.25) is 5.91 Å². The molecule has 3 unspecified atom stereocenters. The van der Waals surface area contributed by atoms with Gasteiger partial charge >= 0.3 is 5.97 Å². The molecule has 0 rings (SSSR count). The zero-order valence-corrected chi connectivity index (χ0v) is 37.0. The molecule has 0 spiro atoms. The lowest BCUT2D eigenvalue weighted by Crippen LogP contribution is -2.46. The first-order chi connectivity index (χ1) is 27.5. The lowest BCUT2D eigenvalue weighted by Gasteiger charge is -2.24. The van der Waals surface area contributed by atoms with Crippen molar-refractivity contribution in [3.8, 4) is 0 Å². The van der Waals surface area contributed by atoms with Crippen molar-refractivity contribution < 1.29 is 24.5 Å². The molecule has 0 aromatic rings. The molecule has 0 aliphatic carbocycles. The van der Waals surface area contributed by atoms with E-state index in [0.29, 0.717) is 19.3 Å². The molecule has 0 heterocycles. The van der Waals surface area contributed by atoms with Crippen LogP contribution >= 0.6 is 0 Å². The van der Waals surface area contributed by atoms with Gasteiger partial charge < -0.3 is 20.3 Å². The number of aliphatic hydroxyl groups excluding tert-OH is 2. The van der Waals surface area contributed by atoms with Gasteiger partial charge in [-0.05, 0) is 89.9 Å². The average molecular weight is 786 g/mol. The third-order valence-electron chi connectivity index (χ3n) is 10.6. The molecular formula is C50H91NO5. The Morgan fingerprint density at radius 1 is 0.518 bits per heavy atom. The normalized spacial score (nSPS) is 13.7. The maximum absolute atomic E-state index is 13.1. The average Bonchev–Trinajstić information content (AvgIpc) is 3.19. The minimum Gasteiger partial charge on any atom is -0.462 e. The molecule has 0 saturated carbocycles. The minimum atomic E-state index is -0.797. The maximum Gasteiger partial charge on any atom is 0.306 e. The molecule has 0 saturated heterocycles. The summed E-state index contributed by atoms with van der Waals surface area (Å²) in [6.45, 7) is 6.40. The lowest BCUT2D eigenvalue weighted by atomic mass is 10.0. The Kier molecular flexibility index (Phi) is 42.2. The van der Waals surface area contributed by atoms with Gasteiger partial charge in [0.1, 0.15) is 6.10 Å². The molecule has 1 amide bonds. The molecule has 0 radical (unpaired) electrons. The highest BCUT2D eigenvalue weighted by Crippen LogP contribution is 2.17. The standard InChI is InChI=1S/C50H91NO5/c1-4-7-10-13-16-19-22-24-25-26-27-29-32-35-38-41-46(56-50(55)43-40-37-34-31-28-23-20-17-14-11-8-5-2)44-49(54)51-47(45-52)48(53)42-39-36-33-30-21-18-15-12-9-6-3/h16-17,19-20,24-25,27,29,46-48,52-53H,4-15,18,21-23,26,28,30-45H2,1-3H3,(H,51,54)/b19-16-,20-17-,25-24-,29-27-. The van der Waals surface area contributed by atoms with E-state index in [1.54, 1.807) is 0 Å². The first kappa shape index (κ1) is 53.8. The number of aliphatic hydroxyl groups is 2. The largest absolute Gasteiger partial charge is 0.462 e. The second kappa shape index (κ2) is 43.9. The second-order valence-corrected chi connectivity index (χ2v) is 16.2. The van der Waals surface area contributed by atoms with E-state index in [-0.39, 0.29) is 24.9 Å². The highest BCUT2D eigenvalue weighted by atomic mass is 16.5. The Morgan fingerprint density at radius 2 is 0.911 bits per heavy atom. The van der Waals surface area contributed by atoms with E-state index in [9.17, 15) is 19.8 Å². The second-order valence-electron chi connectivity index (χ2n) is 16.2. The molecule has 3 atom stereocenters. The zero-order valence-electron chi connectivity index (χ0n) is 37.0. The smallest absolute Gasteiger partial charge is 0.306 e. The fourth-order valence-corrected chi connectivity index (χ4v) is 6.96. The highest BCUT2D eigenvalue weighted by Gasteiger charge is 2.24. The topological polar surface area (TPSA) is 95.9 Å². The molecule has 0 aliphatic heterocycles. The lowest BCUT2D eigenvalue weighted by molar-refractivity contribution is -0.151. The molecule has 56 heavy (non-hydrogen) atoms. The van der Waals surface area contributed by atoms with Crippen molar-refractivity contribution in [1.29, 1.82) is 0 Å². The van der Waals surface area contributed by atoms with Gasteiger partial charge in [0.05, 0.1) is 25.2 Å². The summed E-state index contributed by atoms with van der Waals surface area (Å²) >= 11 is 0. The van der Waals surface area contributed by atoms with Crippen LogP contribution in [0.15, 0.2) is 48.6 Å². The van der Waals surface area contributed by atoms with Crippen molar-refractivity contribution in [2.45, 2.75) is 251 Å². The maximum atomic E-state index is 13.1. The van der Waals surface area contributed by atoms with Crippen molar-refractivity contribution in [3.63, 3.8) is 0 Å². The van der Waals surface area contributed by atoms with Crippen LogP contribution in [0.25, 0.3) is 0 Å². The Hall–Kier alpha value is -2.18. The number of esters is 1. The summed E-state index contributed by atoms with van der Waals surface area (Å²) in [5.41, 5.74) is 0. The van der Waals surface area contributed by atoms with Crippen molar-refractivity contribution in [3.05, 3.63) is 48.6 Å². The number of carbonyl (C=O) groups is 2. The van der Waals surface area contributed by atoms with Gasteiger partial charge in [-0.3, -0.25) is 9.59 Å². The SMILES string of the molecule is CCCCC/C=C\C/C=C\C/C=C\CCCCC(CC(=O)NC(CO)C(O)CCCCCCCCCCCC)OC(=O)CCCCCCC/C=C\CCCCC. The number of nitrogens with one attached hydrogen (secondary N) is 1. The van der Waals surface area contributed by atoms with Crippen LogP contribution in [0.2, 0.25) is 0 Å². The van der Waals surface area contributed by atoms with Gasteiger partial charge in [-0.1, -0.05) is 179 Å². The molecule has 0 aliphatic rings. The van der Waals surface area contributed by atoms with E-state index < -0.39 is 18.2 Å². The van der Waals surface area contributed by atoms with E-state index in [2.05, 4.69) is 74.7 Å². The van der Waals surface area contributed by atoms with Crippen LogP contribution in [-0.2, 0) is 14.3 Å². The molecule has 6 nitrogen and oxygen atoms in total. The minimum absolute atomic E-state index is 0.0485. The van der Waals surface area contributed by atoms with Gasteiger partial charge in [-0.15, -0.1) is 0 Å². The predicted octanol–water partition coefficient (Wildman–Crippen LogP) is 13.9. The summed E-state index contributed by atoms with van der Waals surface area (Å²) < 4.78 is 5.89. The van der Waals surface area contributed by atoms with Crippen LogP contribution in [0.4, 0.5) is 0 Å². The van der Waals surface area contributed by atoms with Gasteiger partial charge in [0.25, 0.3) is 0 Å². The van der Waals surface area contributed by atoms with Gasteiger partial charge in [0, 0.05) is 6.42 Å². The number of hydrogen-bond acceptors (Lipinski definition) is 5. The van der Waals surface area contributed by atoms with Crippen LogP contribution in [-0.4, -0.2) is 46.9 Å². The Morgan fingerprint density at radius 3 is 1.45 bits per heavy atom. The number of ether oxygens (including phenoxy) is 1. The van der Waals surface area contributed by atoms with E-state index in [4.69, 9.17) is 4.74 Å². The number of unbranched alkanes of at least 4 members (excludes halogenated alkanes) is 22. The number of amides is 1. The summed E-state index contributed by atoms with van der Waals surface area (Å²) in [7, 11) is 0. The molecule has 326 valence electrons. The summed E-state index contributed by atoms with van der Waals surface area (Å²) in [5.74, 6) is -0.522.